The first-order chi connectivity index (χ1) is 13.9. The zero-order chi connectivity index (χ0) is 20.9. The average Bonchev–Trinajstić information content (AvgIpc) is 2.93. The smallest absolute Gasteiger partial charge is 0.451 e. The number of rotatable bonds is 8. The quantitative estimate of drug-likeness (QED) is 0.303. The van der Waals surface area contributed by atoms with Crippen LogP contribution in [0, 0.1) is 5.92 Å². The van der Waals surface area contributed by atoms with Crippen molar-refractivity contribution in [3.8, 4) is 0 Å². The average molecular weight is 402 g/mol. The highest BCUT2D eigenvalue weighted by molar-refractivity contribution is 6.40. The number of nitrogens with two attached hydrogens (primary N) is 1. The van der Waals surface area contributed by atoms with Crippen LogP contribution in [-0.4, -0.2) is 51.8 Å². The molecule has 1 heterocycles. The van der Waals surface area contributed by atoms with Gasteiger partial charge in [-0.2, -0.15) is 0 Å². The molecule has 3 rings (SSSR count). The molecule has 0 radical (unpaired) electrons. The minimum absolute atomic E-state index is 0.0451. The Balaban J connectivity index is 1.62. The van der Waals surface area contributed by atoms with Crippen molar-refractivity contribution in [1.82, 2.24) is 4.90 Å². The molecule has 5 N–H and O–H groups in total. The zero-order valence-corrected chi connectivity index (χ0v) is 17.3. The van der Waals surface area contributed by atoms with Gasteiger partial charge in [0.05, 0.1) is 0 Å². The summed E-state index contributed by atoms with van der Waals surface area (Å²) in [5, 5.41) is 27.8. The summed E-state index contributed by atoms with van der Waals surface area (Å²) in [5.41, 5.74) is 8.09. The number of nitrogens with zero attached hydrogens (tertiary/aromatic N) is 1. The lowest BCUT2D eigenvalue weighted by molar-refractivity contribution is -0.147. The summed E-state index contributed by atoms with van der Waals surface area (Å²) >= 11 is 0. The molecule has 0 amide bonds. The number of carbonyl (C=O) groups is 1. The fourth-order valence-corrected chi connectivity index (χ4v) is 5.23. The van der Waals surface area contributed by atoms with Crippen LogP contribution >= 0.6 is 0 Å². The van der Waals surface area contributed by atoms with Crippen molar-refractivity contribution in [2.45, 2.75) is 75.7 Å². The van der Waals surface area contributed by atoms with E-state index in [1.807, 2.05) is 0 Å². The topological polar surface area (TPSA) is 107 Å². The van der Waals surface area contributed by atoms with E-state index < -0.39 is 18.6 Å². The van der Waals surface area contributed by atoms with Gasteiger partial charge < -0.3 is 20.9 Å². The second-order valence-electron chi connectivity index (χ2n) is 8.84. The third-order valence-corrected chi connectivity index (χ3v) is 6.99. The number of hydrogen-bond donors (Lipinski definition) is 4. The van der Waals surface area contributed by atoms with Gasteiger partial charge in [-0.05, 0) is 75.0 Å². The van der Waals surface area contributed by atoms with Gasteiger partial charge in [-0.3, -0.25) is 9.69 Å². The van der Waals surface area contributed by atoms with Crippen molar-refractivity contribution in [2.24, 2.45) is 11.7 Å². The van der Waals surface area contributed by atoms with Crippen molar-refractivity contribution >= 4 is 13.1 Å². The summed E-state index contributed by atoms with van der Waals surface area (Å²) in [4.78, 5) is 14.5. The molecule has 0 aromatic heterocycles. The number of benzene rings is 1. The van der Waals surface area contributed by atoms with Crippen molar-refractivity contribution in [1.29, 1.82) is 0 Å². The normalized spacial score (nSPS) is 23.1. The Morgan fingerprint density at radius 2 is 1.86 bits per heavy atom. The van der Waals surface area contributed by atoms with Crippen molar-refractivity contribution < 1.29 is 19.9 Å². The maximum Gasteiger partial charge on any atom is 0.451 e. The molecule has 1 aromatic carbocycles. The van der Waals surface area contributed by atoms with Crippen LogP contribution < -0.4 is 5.73 Å². The minimum Gasteiger partial charge on any atom is -0.480 e. The second-order valence-corrected chi connectivity index (χ2v) is 8.84. The molecule has 1 aliphatic heterocycles. The van der Waals surface area contributed by atoms with E-state index in [4.69, 9.17) is 15.8 Å². The number of carboxylic acids is 1. The molecule has 160 valence electrons. The Hall–Kier alpha value is -1.41. The second kappa shape index (κ2) is 10.1. The van der Waals surface area contributed by atoms with Crippen LogP contribution in [-0.2, 0) is 11.2 Å². The van der Waals surface area contributed by atoms with E-state index in [1.165, 1.54) is 24.0 Å². The van der Waals surface area contributed by atoms with E-state index in [0.29, 0.717) is 25.3 Å². The molecule has 0 saturated carbocycles. The Morgan fingerprint density at radius 1 is 1.14 bits per heavy atom. The molecule has 2 aliphatic rings. The van der Waals surface area contributed by atoms with Gasteiger partial charge >= 0.3 is 13.1 Å². The van der Waals surface area contributed by atoms with E-state index >= 15 is 0 Å². The van der Waals surface area contributed by atoms with E-state index in [9.17, 15) is 9.90 Å². The molecule has 0 bridgehead atoms. The monoisotopic (exact) mass is 402 g/mol. The predicted molar refractivity (Wildman–Crippen MR) is 114 cm³/mol. The summed E-state index contributed by atoms with van der Waals surface area (Å²) in [6, 6.07) is 9.19. The number of aliphatic carboxylic acids is 1. The molecule has 7 heteroatoms. The van der Waals surface area contributed by atoms with Gasteiger partial charge in [0.15, 0.2) is 0 Å². The Bertz CT molecular complexity index is 679. The van der Waals surface area contributed by atoms with Crippen LogP contribution in [0.4, 0.5) is 0 Å². The fourth-order valence-electron chi connectivity index (χ4n) is 5.23. The third kappa shape index (κ3) is 5.40. The van der Waals surface area contributed by atoms with E-state index in [-0.39, 0.29) is 12.2 Å². The summed E-state index contributed by atoms with van der Waals surface area (Å²) in [7, 11) is -1.34. The fraction of sp³-hybridized carbons (Fsp3) is 0.682. The minimum atomic E-state index is -1.34. The molecular weight excluding hydrogens is 367 g/mol. The maximum absolute atomic E-state index is 12.0. The molecule has 29 heavy (non-hydrogen) atoms. The number of unbranched alkanes of at least 4 members (excludes halogenated alkanes) is 1. The Kier molecular flexibility index (Phi) is 7.74. The number of aryl methyl sites for hydroxylation is 1. The van der Waals surface area contributed by atoms with Crippen LogP contribution in [0.3, 0.4) is 0 Å². The van der Waals surface area contributed by atoms with E-state index in [1.54, 1.807) is 0 Å². The lowest BCUT2D eigenvalue weighted by Gasteiger charge is -2.43. The molecule has 1 aliphatic carbocycles. The van der Waals surface area contributed by atoms with Gasteiger partial charge in [-0.1, -0.05) is 43.5 Å². The molecule has 1 saturated heterocycles. The van der Waals surface area contributed by atoms with Crippen molar-refractivity contribution in [3.05, 3.63) is 35.4 Å². The lowest BCUT2D eigenvalue weighted by Crippen LogP contribution is -2.57. The number of carboxylic acid groups (broad SMARTS) is 1. The molecule has 2 atom stereocenters. The van der Waals surface area contributed by atoms with Gasteiger partial charge in [0.25, 0.3) is 0 Å². The molecule has 1 unspecified atom stereocenters. The predicted octanol–water partition coefficient (Wildman–Crippen LogP) is 2.59. The standard InChI is InChI=1S/C22H35BN2O4/c24-22(21(26)27,13-5-6-14-23(28)29)18-11-15-25(16-12-18)20-10-4-2-8-17-7-1-3-9-19(17)20/h1,3,7,9,18,20,28-29H,2,4-6,8,10-16,24H2,(H,26,27)/t20?,22-/m0/s1. The van der Waals surface area contributed by atoms with Crippen LogP contribution in [0.5, 0.6) is 0 Å². The molecular formula is C22H35BN2O4. The number of fused-ring (bicyclic) bond motifs is 1. The highest BCUT2D eigenvalue weighted by atomic mass is 16.4. The SMILES string of the molecule is N[C@](CCCCB(O)O)(C(=O)O)C1CCN(C2CCCCc3ccccc32)CC1. The van der Waals surface area contributed by atoms with Crippen molar-refractivity contribution in [3.63, 3.8) is 0 Å². The first-order valence-corrected chi connectivity index (χ1v) is 11.1. The van der Waals surface area contributed by atoms with Gasteiger partial charge in [-0.25, -0.2) is 0 Å². The molecule has 1 aromatic rings. The first-order valence-electron chi connectivity index (χ1n) is 11.1. The van der Waals surface area contributed by atoms with Gasteiger partial charge in [0, 0.05) is 6.04 Å². The van der Waals surface area contributed by atoms with Crippen LogP contribution in [0.2, 0.25) is 6.32 Å². The van der Waals surface area contributed by atoms with Crippen LogP contribution in [0.15, 0.2) is 24.3 Å². The summed E-state index contributed by atoms with van der Waals surface area (Å²) in [6.07, 6.45) is 8.17. The summed E-state index contributed by atoms with van der Waals surface area (Å²) in [6.45, 7) is 1.76. The summed E-state index contributed by atoms with van der Waals surface area (Å²) in [5.74, 6) is -0.975. The highest BCUT2D eigenvalue weighted by Crippen LogP contribution is 2.38. The van der Waals surface area contributed by atoms with Gasteiger partial charge in [0.2, 0.25) is 0 Å². The van der Waals surface area contributed by atoms with Gasteiger partial charge in [0.1, 0.15) is 5.54 Å². The Labute approximate surface area is 174 Å². The van der Waals surface area contributed by atoms with E-state index in [2.05, 4.69) is 29.2 Å². The first kappa shape index (κ1) is 22.3. The number of likely N-dealkylation sites (tertiary alicyclic amines) is 1. The number of hydrogen-bond acceptors (Lipinski definition) is 5. The number of piperidine rings is 1. The molecule has 6 nitrogen and oxygen atoms in total. The van der Waals surface area contributed by atoms with Gasteiger partial charge in [-0.15, -0.1) is 0 Å². The largest absolute Gasteiger partial charge is 0.480 e. The van der Waals surface area contributed by atoms with Crippen molar-refractivity contribution in [2.75, 3.05) is 13.1 Å². The van der Waals surface area contributed by atoms with E-state index in [0.717, 1.165) is 38.8 Å². The lowest BCUT2D eigenvalue weighted by atomic mass is 9.74. The van der Waals surface area contributed by atoms with Crippen LogP contribution in [0.25, 0.3) is 0 Å². The maximum atomic E-state index is 12.0. The highest BCUT2D eigenvalue weighted by Gasteiger charge is 2.43. The zero-order valence-electron chi connectivity index (χ0n) is 17.3. The molecule has 1 fully saturated rings. The summed E-state index contributed by atoms with van der Waals surface area (Å²) < 4.78 is 0. The van der Waals surface area contributed by atoms with Crippen LogP contribution in [0.1, 0.15) is 68.5 Å². The third-order valence-electron chi connectivity index (χ3n) is 6.99. The molecule has 0 spiro atoms. The Morgan fingerprint density at radius 3 is 2.55 bits per heavy atom.